The molecule has 2 aromatic rings. The monoisotopic (exact) mass is 320 g/mol. The number of aliphatic imine (C=N–C) groups is 1. The van der Waals surface area contributed by atoms with Gasteiger partial charge in [0.25, 0.3) is 0 Å². The molecule has 0 fully saturated rings. The number of carbonyl (C=O) groups is 1. The van der Waals surface area contributed by atoms with Crippen LogP contribution in [0.25, 0.3) is 0 Å². The standard InChI is InChI=1S/C19H20N4O/c20-12-17(23-19(24)10-14-4-2-1-3-5-14)13-22-16-6-7-18-15(11-16)8-9-21-18/h1-7,11-13,21H,8-10,20H2,(H,23,24). The third kappa shape index (κ3) is 4.01. The van der Waals surface area contributed by atoms with Gasteiger partial charge in [-0.1, -0.05) is 30.3 Å². The van der Waals surface area contributed by atoms with E-state index < -0.39 is 0 Å². The van der Waals surface area contributed by atoms with Gasteiger partial charge in [-0.15, -0.1) is 0 Å². The van der Waals surface area contributed by atoms with E-state index in [1.54, 1.807) is 6.21 Å². The highest BCUT2D eigenvalue weighted by molar-refractivity contribution is 5.89. The summed E-state index contributed by atoms with van der Waals surface area (Å²) in [4.78, 5) is 16.5. The Morgan fingerprint density at radius 3 is 2.88 bits per heavy atom. The fourth-order valence-electron chi connectivity index (χ4n) is 2.62. The van der Waals surface area contributed by atoms with Gasteiger partial charge in [-0.05, 0) is 35.7 Å². The average molecular weight is 320 g/mol. The fourth-order valence-corrected chi connectivity index (χ4v) is 2.62. The van der Waals surface area contributed by atoms with E-state index in [0.29, 0.717) is 12.1 Å². The molecule has 0 spiro atoms. The van der Waals surface area contributed by atoms with Crippen molar-refractivity contribution in [2.75, 3.05) is 11.9 Å². The second kappa shape index (κ2) is 7.46. The Balaban J connectivity index is 1.61. The predicted octanol–water partition coefficient (Wildman–Crippen LogP) is 2.52. The Labute approximate surface area is 141 Å². The molecule has 5 nitrogen and oxygen atoms in total. The summed E-state index contributed by atoms with van der Waals surface area (Å²) in [5, 5.41) is 6.09. The molecule has 1 aliphatic heterocycles. The molecule has 24 heavy (non-hydrogen) atoms. The number of carbonyl (C=O) groups excluding carboxylic acids is 1. The lowest BCUT2D eigenvalue weighted by Gasteiger charge is -2.05. The molecule has 0 aromatic heterocycles. The van der Waals surface area contributed by atoms with E-state index >= 15 is 0 Å². The molecule has 0 unspecified atom stereocenters. The maximum absolute atomic E-state index is 12.1. The molecule has 0 aliphatic carbocycles. The van der Waals surface area contributed by atoms with Crippen LogP contribution in [-0.4, -0.2) is 18.7 Å². The van der Waals surface area contributed by atoms with Crippen LogP contribution < -0.4 is 16.4 Å². The number of benzene rings is 2. The molecule has 122 valence electrons. The summed E-state index contributed by atoms with van der Waals surface area (Å²) < 4.78 is 0. The van der Waals surface area contributed by atoms with Gasteiger partial charge in [-0.3, -0.25) is 9.79 Å². The summed E-state index contributed by atoms with van der Waals surface area (Å²) in [5.74, 6) is -0.123. The molecule has 0 bridgehead atoms. The fraction of sp³-hybridized carbons (Fsp3) is 0.158. The molecule has 3 rings (SSSR count). The Morgan fingerprint density at radius 2 is 2.08 bits per heavy atom. The van der Waals surface area contributed by atoms with Crippen LogP contribution in [-0.2, 0) is 17.6 Å². The van der Waals surface area contributed by atoms with Crippen LogP contribution in [0.4, 0.5) is 11.4 Å². The van der Waals surface area contributed by atoms with Crippen molar-refractivity contribution in [1.82, 2.24) is 5.32 Å². The highest BCUT2D eigenvalue weighted by Crippen LogP contribution is 2.26. The topological polar surface area (TPSA) is 79.5 Å². The highest BCUT2D eigenvalue weighted by atomic mass is 16.1. The van der Waals surface area contributed by atoms with Crippen molar-refractivity contribution in [3.63, 3.8) is 0 Å². The molecule has 4 N–H and O–H groups in total. The van der Waals surface area contributed by atoms with Crippen LogP contribution in [0, 0.1) is 0 Å². The lowest BCUT2D eigenvalue weighted by molar-refractivity contribution is -0.119. The van der Waals surface area contributed by atoms with Crippen molar-refractivity contribution in [2.45, 2.75) is 12.8 Å². The molecule has 5 heteroatoms. The number of nitrogens with two attached hydrogens (primary N) is 1. The Kier molecular flexibility index (Phi) is 4.91. The smallest absolute Gasteiger partial charge is 0.228 e. The molecular weight excluding hydrogens is 300 g/mol. The van der Waals surface area contributed by atoms with Gasteiger partial charge in [-0.2, -0.15) is 0 Å². The van der Waals surface area contributed by atoms with Crippen molar-refractivity contribution < 1.29 is 4.79 Å². The lowest BCUT2D eigenvalue weighted by Crippen LogP contribution is -2.25. The second-order valence-electron chi connectivity index (χ2n) is 5.61. The van der Waals surface area contributed by atoms with Crippen LogP contribution in [0.2, 0.25) is 0 Å². The summed E-state index contributed by atoms with van der Waals surface area (Å²) in [5.41, 5.74) is 10.3. The van der Waals surface area contributed by atoms with Gasteiger partial charge in [0, 0.05) is 18.4 Å². The number of fused-ring (bicyclic) bond motifs is 1. The summed E-state index contributed by atoms with van der Waals surface area (Å²) in [7, 11) is 0. The lowest BCUT2D eigenvalue weighted by atomic mass is 10.1. The minimum atomic E-state index is -0.123. The molecule has 0 saturated carbocycles. The molecule has 0 saturated heterocycles. The third-order valence-corrected chi connectivity index (χ3v) is 3.82. The number of hydrogen-bond acceptors (Lipinski definition) is 4. The maximum atomic E-state index is 12.1. The number of rotatable bonds is 5. The van der Waals surface area contributed by atoms with Crippen LogP contribution >= 0.6 is 0 Å². The molecular formula is C19H20N4O. The van der Waals surface area contributed by atoms with E-state index in [1.807, 2.05) is 48.5 Å². The Hall–Kier alpha value is -3.08. The van der Waals surface area contributed by atoms with E-state index in [9.17, 15) is 4.79 Å². The summed E-state index contributed by atoms with van der Waals surface area (Å²) in [6, 6.07) is 15.6. The molecule has 1 aliphatic rings. The first-order valence-corrected chi connectivity index (χ1v) is 7.91. The first kappa shape index (κ1) is 15.8. The van der Waals surface area contributed by atoms with Gasteiger partial charge < -0.3 is 16.4 Å². The number of amides is 1. The Bertz CT molecular complexity index is 781. The minimum absolute atomic E-state index is 0.123. The number of hydrogen-bond donors (Lipinski definition) is 3. The van der Waals surface area contributed by atoms with Gasteiger partial charge in [-0.25, -0.2) is 0 Å². The van der Waals surface area contributed by atoms with Gasteiger partial charge in [0.15, 0.2) is 0 Å². The molecule has 2 aromatic carbocycles. The number of anilines is 1. The molecule has 1 amide bonds. The van der Waals surface area contributed by atoms with Gasteiger partial charge in [0.2, 0.25) is 5.91 Å². The van der Waals surface area contributed by atoms with Crippen molar-refractivity contribution in [3.8, 4) is 0 Å². The van der Waals surface area contributed by atoms with Crippen molar-refractivity contribution >= 4 is 23.5 Å². The SMILES string of the molecule is NC=C(C=Nc1ccc2c(c1)CCN2)NC(=O)Cc1ccccc1. The van der Waals surface area contributed by atoms with Gasteiger partial charge in [0.05, 0.1) is 24.0 Å². The molecule has 0 atom stereocenters. The van der Waals surface area contributed by atoms with Crippen LogP contribution in [0.5, 0.6) is 0 Å². The largest absolute Gasteiger partial charge is 0.403 e. The van der Waals surface area contributed by atoms with Crippen molar-refractivity contribution in [1.29, 1.82) is 0 Å². The summed E-state index contributed by atoms with van der Waals surface area (Å²) in [6.07, 6.45) is 4.23. The number of nitrogens with one attached hydrogen (secondary N) is 2. The quantitative estimate of drug-likeness (QED) is 0.741. The average Bonchev–Trinajstić information content (AvgIpc) is 3.07. The van der Waals surface area contributed by atoms with E-state index in [2.05, 4.69) is 15.6 Å². The van der Waals surface area contributed by atoms with Crippen molar-refractivity contribution in [3.05, 3.63) is 71.6 Å². The third-order valence-electron chi connectivity index (χ3n) is 3.82. The number of allylic oxidation sites excluding steroid dienone is 1. The van der Waals surface area contributed by atoms with E-state index in [1.165, 1.54) is 17.5 Å². The minimum Gasteiger partial charge on any atom is -0.403 e. The van der Waals surface area contributed by atoms with E-state index in [4.69, 9.17) is 5.73 Å². The highest BCUT2D eigenvalue weighted by Gasteiger charge is 2.09. The number of nitrogens with zero attached hydrogens (tertiary/aromatic N) is 1. The first-order valence-electron chi connectivity index (χ1n) is 7.91. The van der Waals surface area contributed by atoms with E-state index in [0.717, 1.165) is 24.2 Å². The Morgan fingerprint density at radius 1 is 1.25 bits per heavy atom. The molecule has 0 radical (unpaired) electrons. The zero-order valence-electron chi connectivity index (χ0n) is 13.3. The summed E-state index contributed by atoms with van der Waals surface area (Å²) in [6.45, 7) is 0.964. The van der Waals surface area contributed by atoms with Gasteiger partial charge in [0.1, 0.15) is 0 Å². The zero-order chi connectivity index (χ0) is 16.8. The van der Waals surface area contributed by atoms with Crippen LogP contribution in [0.1, 0.15) is 11.1 Å². The second-order valence-corrected chi connectivity index (χ2v) is 5.61. The normalized spacial score (nSPS) is 13.6. The predicted molar refractivity (Wildman–Crippen MR) is 97.3 cm³/mol. The van der Waals surface area contributed by atoms with Gasteiger partial charge >= 0.3 is 0 Å². The van der Waals surface area contributed by atoms with Crippen LogP contribution in [0.3, 0.4) is 0 Å². The van der Waals surface area contributed by atoms with E-state index in [-0.39, 0.29) is 5.91 Å². The van der Waals surface area contributed by atoms with Crippen molar-refractivity contribution in [2.24, 2.45) is 10.7 Å². The first-order chi connectivity index (χ1) is 11.7. The maximum Gasteiger partial charge on any atom is 0.228 e. The molecule has 1 heterocycles. The zero-order valence-corrected chi connectivity index (χ0v) is 13.3. The van der Waals surface area contributed by atoms with Crippen LogP contribution in [0.15, 0.2) is 65.4 Å². The summed E-state index contributed by atoms with van der Waals surface area (Å²) >= 11 is 0.